The van der Waals surface area contributed by atoms with Crippen LogP contribution >= 0.6 is 0 Å². The molecule has 0 aliphatic rings. The van der Waals surface area contributed by atoms with E-state index in [9.17, 15) is 9.59 Å². The zero-order valence-corrected chi connectivity index (χ0v) is 11.5. The number of nitrogens with one attached hydrogen (secondary N) is 1. The third-order valence-corrected chi connectivity index (χ3v) is 2.70. The summed E-state index contributed by atoms with van der Waals surface area (Å²) in [6, 6.07) is 9.10. The standard InChI is InChI=1S/C15H21NO3/c1-3-4-6-11-14(17)19-12(2)15(18)16-13-9-7-5-8-10-13/h5,7-10,12H,3-4,6,11H2,1-2H3,(H,16,18). The highest BCUT2D eigenvalue weighted by Gasteiger charge is 2.17. The van der Waals surface area contributed by atoms with Crippen molar-refractivity contribution in [3.63, 3.8) is 0 Å². The molecule has 1 amide bonds. The summed E-state index contributed by atoms with van der Waals surface area (Å²) in [5.41, 5.74) is 0.696. The minimum Gasteiger partial charge on any atom is -0.453 e. The van der Waals surface area contributed by atoms with Gasteiger partial charge in [0.1, 0.15) is 0 Å². The average Bonchev–Trinajstić information content (AvgIpc) is 2.40. The van der Waals surface area contributed by atoms with Gasteiger partial charge < -0.3 is 10.1 Å². The molecular formula is C15H21NO3. The molecular weight excluding hydrogens is 242 g/mol. The second-order valence-electron chi connectivity index (χ2n) is 4.44. The molecule has 0 saturated carbocycles. The molecule has 4 heteroatoms. The van der Waals surface area contributed by atoms with Gasteiger partial charge in [-0.3, -0.25) is 9.59 Å². The first-order valence-electron chi connectivity index (χ1n) is 6.69. The maximum Gasteiger partial charge on any atom is 0.306 e. The molecule has 1 aromatic carbocycles. The molecule has 4 nitrogen and oxygen atoms in total. The third-order valence-electron chi connectivity index (χ3n) is 2.70. The number of hydrogen-bond acceptors (Lipinski definition) is 3. The molecule has 1 rings (SSSR count). The molecule has 0 heterocycles. The second kappa shape index (κ2) is 8.29. The number of esters is 1. The molecule has 0 aromatic heterocycles. The number of hydrogen-bond donors (Lipinski definition) is 1. The Bertz CT molecular complexity index is 403. The maximum absolute atomic E-state index is 11.8. The molecule has 0 radical (unpaired) electrons. The van der Waals surface area contributed by atoms with Crippen LogP contribution in [0.4, 0.5) is 5.69 Å². The number of carbonyl (C=O) groups is 2. The zero-order valence-electron chi connectivity index (χ0n) is 11.5. The van der Waals surface area contributed by atoms with Crippen molar-refractivity contribution in [3.8, 4) is 0 Å². The quantitative estimate of drug-likeness (QED) is 0.607. The lowest BCUT2D eigenvalue weighted by molar-refractivity contribution is -0.153. The monoisotopic (exact) mass is 263 g/mol. The van der Waals surface area contributed by atoms with Crippen LogP contribution in [0.1, 0.15) is 39.5 Å². The van der Waals surface area contributed by atoms with E-state index in [2.05, 4.69) is 12.2 Å². The Kier molecular flexibility index (Phi) is 6.64. The first-order chi connectivity index (χ1) is 9.13. The number of benzene rings is 1. The number of carbonyl (C=O) groups excluding carboxylic acids is 2. The SMILES string of the molecule is CCCCCC(=O)OC(C)C(=O)Nc1ccccc1. The summed E-state index contributed by atoms with van der Waals surface area (Å²) in [7, 11) is 0. The fraction of sp³-hybridized carbons (Fsp3) is 0.467. The molecule has 0 aliphatic carbocycles. The fourth-order valence-corrected chi connectivity index (χ4v) is 1.59. The van der Waals surface area contributed by atoms with E-state index < -0.39 is 6.10 Å². The van der Waals surface area contributed by atoms with E-state index in [1.54, 1.807) is 19.1 Å². The predicted molar refractivity (Wildman–Crippen MR) is 74.8 cm³/mol. The summed E-state index contributed by atoms with van der Waals surface area (Å²) in [5, 5.41) is 2.70. The summed E-state index contributed by atoms with van der Waals surface area (Å²) >= 11 is 0. The molecule has 0 bridgehead atoms. The van der Waals surface area contributed by atoms with Crippen molar-refractivity contribution in [3.05, 3.63) is 30.3 Å². The van der Waals surface area contributed by atoms with Crippen molar-refractivity contribution < 1.29 is 14.3 Å². The molecule has 1 atom stereocenters. The number of unbranched alkanes of at least 4 members (excludes halogenated alkanes) is 2. The molecule has 0 spiro atoms. The maximum atomic E-state index is 11.8. The Morgan fingerprint density at radius 1 is 1.21 bits per heavy atom. The van der Waals surface area contributed by atoms with Gasteiger partial charge in [-0.25, -0.2) is 0 Å². The lowest BCUT2D eigenvalue weighted by Gasteiger charge is -2.13. The lowest BCUT2D eigenvalue weighted by atomic mass is 10.2. The van der Waals surface area contributed by atoms with E-state index in [4.69, 9.17) is 4.74 Å². The highest BCUT2D eigenvalue weighted by atomic mass is 16.5. The van der Waals surface area contributed by atoms with Gasteiger partial charge in [0, 0.05) is 12.1 Å². The number of ether oxygens (including phenoxy) is 1. The van der Waals surface area contributed by atoms with Gasteiger partial charge in [0.05, 0.1) is 0 Å². The number of para-hydroxylation sites is 1. The van der Waals surface area contributed by atoms with Crippen molar-refractivity contribution >= 4 is 17.6 Å². The Labute approximate surface area is 114 Å². The molecule has 1 unspecified atom stereocenters. The molecule has 1 N–H and O–H groups in total. The Hall–Kier alpha value is -1.84. The smallest absolute Gasteiger partial charge is 0.306 e. The van der Waals surface area contributed by atoms with Crippen molar-refractivity contribution in [2.24, 2.45) is 0 Å². The average molecular weight is 263 g/mol. The summed E-state index contributed by atoms with van der Waals surface area (Å²) in [6.45, 7) is 3.65. The van der Waals surface area contributed by atoms with E-state index >= 15 is 0 Å². The second-order valence-corrected chi connectivity index (χ2v) is 4.44. The first-order valence-corrected chi connectivity index (χ1v) is 6.69. The molecule has 19 heavy (non-hydrogen) atoms. The van der Waals surface area contributed by atoms with Crippen LogP contribution in [0.5, 0.6) is 0 Å². The molecule has 0 saturated heterocycles. The summed E-state index contributed by atoms with van der Waals surface area (Å²) in [6.07, 6.45) is 2.46. The van der Waals surface area contributed by atoms with Crippen LogP contribution in [0.15, 0.2) is 30.3 Å². The minimum absolute atomic E-state index is 0.310. The van der Waals surface area contributed by atoms with Crippen LogP contribution in [0.25, 0.3) is 0 Å². The molecule has 104 valence electrons. The molecule has 1 aromatic rings. The fourth-order valence-electron chi connectivity index (χ4n) is 1.59. The molecule has 0 fully saturated rings. The van der Waals surface area contributed by atoms with Crippen molar-refractivity contribution in [1.29, 1.82) is 0 Å². The van der Waals surface area contributed by atoms with Gasteiger partial charge in [0.25, 0.3) is 5.91 Å². The van der Waals surface area contributed by atoms with Crippen LogP contribution in [0.3, 0.4) is 0 Å². The Morgan fingerprint density at radius 2 is 1.89 bits per heavy atom. The van der Waals surface area contributed by atoms with Crippen LogP contribution < -0.4 is 5.32 Å². The van der Waals surface area contributed by atoms with Crippen molar-refractivity contribution in [2.45, 2.75) is 45.6 Å². The Morgan fingerprint density at radius 3 is 2.53 bits per heavy atom. The number of rotatable bonds is 7. The van der Waals surface area contributed by atoms with E-state index in [1.807, 2.05) is 18.2 Å². The topological polar surface area (TPSA) is 55.4 Å². The first kappa shape index (κ1) is 15.2. The van der Waals surface area contributed by atoms with Gasteiger partial charge in [-0.05, 0) is 25.5 Å². The minimum atomic E-state index is -0.769. The highest BCUT2D eigenvalue weighted by Crippen LogP contribution is 2.08. The third kappa shape index (κ3) is 6.04. The summed E-state index contributed by atoms with van der Waals surface area (Å²) in [4.78, 5) is 23.3. The largest absolute Gasteiger partial charge is 0.453 e. The van der Waals surface area contributed by atoms with Gasteiger partial charge in [-0.15, -0.1) is 0 Å². The van der Waals surface area contributed by atoms with Gasteiger partial charge in [0.15, 0.2) is 6.10 Å². The highest BCUT2D eigenvalue weighted by molar-refractivity contribution is 5.94. The van der Waals surface area contributed by atoms with Crippen LogP contribution in [0, 0.1) is 0 Å². The van der Waals surface area contributed by atoms with Crippen molar-refractivity contribution in [1.82, 2.24) is 0 Å². The van der Waals surface area contributed by atoms with Crippen LogP contribution in [-0.2, 0) is 14.3 Å². The van der Waals surface area contributed by atoms with E-state index in [0.29, 0.717) is 12.1 Å². The van der Waals surface area contributed by atoms with Gasteiger partial charge >= 0.3 is 5.97 Å². The van der Waals surface area contributed by atoms with Crippen LogP contribution in [-0.4, -0.2) is 18.0 Å². The lowest BCUT2D eigenvalue weighted by Crippen LogP contribution is -2.29. The number of amides is 1. The normalized spacial score (nSPS) is 11.7. The summed E-state index contributed by atoms with van der Waals surface area (Å²) in [5.74, 6) is -0.626. The molecule has 0 aliphatic heterocycles. The van der Waals surface area contributed by atoms with Gasteiger partial charge in [-0.1, -0.05) is 38.0 Å². The van der Waals surface area contributed by atoms with E-state index in [0.717, 1.165) is 19.3 Å². The summed E-state index contributed by atoms with van der Waals surface area (Å²) < 4.78 is 5.08. The van der Waals surface area contributed by atoms with E-state index in [1.165, 1.54) is 0 Å². The van der Waals surface area contributed by atoms with Gasteiger partial charge in [0.2, 0.25) is 0 Å². The van der Waals surface area contributed by atoms with E-state index in [-0.39, 0.29) is 11.9 Å². The predicted octanol–water partition coefficient (Wildman–Crippen LogP) is 3.14. The number of anilines is 1. The van der Waals surface area contributed by atoms with Crippen molar-refractivity contribution in [2.75, 3.05) is 5.32 Å². The zero-order chi connectivity index (χ0) is 14.1. The Balaban J connectivity index is 2.34. The van der Waals surface area contributed by atoms with Gasteiger partial charge in [-0.2, -0.15) is 0 Å². The van der Waals surface area contributed by atoms with Crippen LogP contribution in [0.2, 0.25) is 0 Å².